The van der Waals surface area contributed by atoms with Crippen LogP contribution in [0, 0.1) is 6.92 Å². The van der Waals surface area contributed by atoms with Crippen LogP contribution >= 0.6 is 24.0 Å². The van der Waals surface area contributed by atoms with Crippen LogP contribution in [0.1, 0.15) is 18.1 Å². The maximum absolute atomic E-state index is 6.39. The third kappa shape index (κ3) is 3.86. The molecule has 0 aliphatic heterocycles. The average Bonchev–Trinajstić information content (AvgIpc) is 2.15. The molecule has 0 aliphatic rings. The molecule has 1 atom stereocenters. The van der Waals surface area contributed by atoms with E-state index in [0.717, 1.165) is 5.56 Å². The first-order valence-corrected chi connectivity index (χ1v) is 5.06. The predicted octanol–water partition coefficient (Wildman–Crippen LogP) is 3.60. The second-order valence-corrected chi connectivity index (χ2v) is 4.24. The van der Waals surface area contributed by atoms with Gasteiger partial charge < -0.3 is 0 Å². The Morgan fingerprint density at radius 2 is 2.07 bits per heavy atom. The molecule has 1 rings (SSSR count). The maximum Gasteiger partial charge on any atom is 0.117 e. The molecule has 1 N–H and O–H groups in total. The highest BCUT2D eigenvalue weighted by Gasteiger charge is 2.23. The summed E-state index contributed by atoms with van der Waals surface area (Å²) < 4.78 is 0. The molecule has 0 bridgehead atoms. The fraction of sp³-hybridized carbons (Fsp3) is 0.333. The highest BCUT2D eigenvalue weighted by atomic mass is 35.5. The van der Waals surface area contributed by atoms with Gasteiger partial charge in [0.1, 0.15) is 5.00 Å². The SMILES string of the molecule is C=CCNC(C)(Cl)c1ccccc1C.Cl. The van der Waals surface area contributed by atoms with Crippen LogP contribution in [-0.2, 0) is 5.00 Å². The number of aryl methyl sites for hydroxylation is 1. The van der Waals surface area contributed by atoms with Gasteiger partial charge in [-0.15, -0.1) is 19.0 Å². The summed E-state index contributed by atoms with van der Waals surface area (Å²) in [5, 5.41) is 3.21. The summed E-state index contributed by atoms with van der Waals surface area (Å²) in [7, 11) is 0. The van der Waals surface area contributed by atoms with Gasteiger partial charge in [0.2, 0.25) is 0 Å². The summed E-state index contributed by atoms with van der Waals surface area (Å²) >= 11 is 6.39. The Morgan fingerprint density at radius 1 is 1.47 bits per heavy atom. The molecule has 1 nitrogen and oxygen atoms in total. The van der Waals surface area contributed by atoms with Crippen molar-refractivity contribution in [3.63, 3.8) is 0 Å². The van der Waals surface area contributed by atoms with Crippen molar-refractivity contribution in [3.8, 4) is 0 Å². The summed E-state index contributed by atoms with van der Waals surface area (Å²) in [5.41, 5.74) is 2.31. The van der Waals surface area contributed by atoms with Gasteiger partial charge in [-0.1, -0.05) is 41.9 Å². The van der Waals surface area contributed by atoms with Gasteiger partial charge in [0.05, 0.1) is 0 Å². The van der Waals surface area contributed by atoms with Gasteiger partial charge in [0.25, 0.3) is 0 Å². The van der Waals surface area contributed by atoms with Gasteiger partial charge in [-0.2, -0.15) is 0 Å². The maximum atomic E-state index is 6.39. The minimum atomic E-state index is -0.514. The summed E-state index contributed by atoms with van der Waals surface area (Å²) in [4.78, 5) is -0.514. The summed E-state index contributed by atoms with van der Waals surface area (Å²) in [6.07, 6.45) is 1.80. The molecule has 1 aromatic carbocycles. The Kier molecular flexibility index (Phi) is 5.96. The molecule has 0 radical (unpaired) electrons. The fourth-order valence-corrected chi connectivity index (χ4v) is 1.75. The monoisotopic (exact) mass is 245 g/mol. The third-order valence-corrected chi connectivity index (χ3v) is 2.57. The van der Waals surface area contributed by atoms with Gasteiger partial charge in [-0.05, 0) is 25.0 Å². The Hall–Kier alpha value is -0.500. The topological polar surface area (TPSA) is 12.0 Å². The lowest BCUT2D eigenvalue weighted by Crippen LogP contribution is -2.34. The van der Waals surface area contributed by atoms with Gasteiger partial charge in [0.15, 0.2) is 0 Å². The zero-order valence-corrected chi connectivity index (χ0v) is 10.7. The number of halogens is 2. The van der Waals surface area contributed by atoms with Crippen LogP contribution in [0.2, 0.25) is 0 Å². The van der Waals surface area contributed by atoms with E-state index in [0.29, 0.717) is 6.54 Å². The van der Waals surface area contributed by atoms with Gasteiger partial charge in [-0.3, -0.25) is 5.32 Å². The van der Waals surface area contributed by atoms with Crippen molar-refractivity contribution in [2.75, 3.05) is 6.54 Å². The minimum absolute atomic E-state index is 0. The molecule has 3 heteroatoms. The van der Waals surface area contributed by atoms with E-state index in [9.17, 15) is 0 Å². The van der Waals surface area contributed by atoms with Crippen LogP contribution in [0.4, 0.5) is 0 Å². The molecule has 0 spiro atoms. The zero-order valence-electron chi connectivity index (χ0n) is 9.09. The lowest BCUT2D eigenvalue weighted by molar-refractivity contribution is 0.544. The van der Waals surface area contributed by atoms with Crippen molar-refractivity contribution in [2.45, 2.75) is 18.8 Å². The van der Waals surface area contributed by atoms with Crippen molar-refractivity contribution >= 4 is 24.0 Å². The first kappa shape index (κ1) is 14.5. The van der Waals surface area contributed by atoms with Crippen molar-refractivity contribution in [3.05, 3.63) is 48.0 Å². The summed E-state index contributed by atoms with van der Waals surface area (Å²) in [6.45, 7) is 8.38. The standard InChI is InChI=1S/C12H16ClN.ClH/c1-4-9-14-12(3,13)11-8-6-5-7-10(11)2;/h4-8,14H,1,9H2,2-3H3;1H. The highest BCUT2D eigenvalue weighted by Crippen LogP contribution is 2.27. The summed E-state index contributed by atoms with van der Waals surface area (Å²) in [5.74, 6) is 0. The van der Waals surface area contributed by atoms with Crippen LogP contribution in [0.3, 0.4) is 0 Å². The molecule has 84 valence electrons. The summed E-state index contributed by atoms with van der Waals surface area (Å²) in [6, 6.07) is 8.11. The van der Waals surface area contributed by atoms with E-state index in [2.05, 4.69) is 24.9 Å². The van der Waals surface area contributed by atoms with Gasteiger partial charge in [0, 0.05) is 6.54 Å². The Morgan fingerprint density at radius 3 is 2.60 bits per heavy atom. The molecule has 0 saturated carbocycles. The van der Waals surface area contributed by atoms with Gasteiger partial charge >= 0.3 is 0 Å². The molecule has 0 fully saturated rings. The van der Waals surface area contributed by atoms with Crippen LogP contribution < -0.4 is 5.32 Å². The number of alkyl halides is 1. The van der Waals surface area contributed by atoms with E-state index < -0.39 is 5.00 Å². The van der Waals surface area contributed by atoms with E-state index in [1.54, 1.807) is 6.08 Å². The smallest absolute Gasteiger partial charge is 0.117 e. The molecule has 0 aliphatic carbocycles. The lowest BCUT2D eigenvalue weighted by atomic mass is 10.0. The predicted molar refractivity (Wildman–Crippen MR) is 69.8 cm³/mol. The van der Waals surface area contributed by atoms with E-state index >= 15 is 0 Å². The van der Waals surface area contributed by atoms with Crippen LogP contribution in [-0.4, -0.2) is 6.54 Å². The first-order valence-electron chi connectivity index (χ1n) is 4.69. The molecular formula is C12H17Cl2N. The zero-order chi connectivity index (χ0) is 10.6. The molecule has 15 heavy (non-hydrogen) atoms. The van der Waals surface area contributed by atoms with Crippen LogP contribution in [0.25, 0.3) is 0 Å². The number of hydrogen-bond donors (Lipinski definition) is 1. The number of benzene rings is 1. The molecule has 1 unspecified atom stereocenters. The molecular weight excluding hydrogens is 229 g/mol. The van der Waals surface area contributed by atoms with Crippen molar-refractivity contribution < 1.29 is 0 Å². The first-order chi connectivity index (χ1) is 6.58. The molecule has 0 aromatic heterocycles. The van der Waals surface area contributed by atoms with Crippen LogP contribution in [0.15, 0.2) is 36.9 Å². The molecule has 1 aromatic rings. The quantitative estimate of drug-likeness (QED) is 0.486. The van der Waals surface area contributed by atoms with Crippen molar-refractivity contribution in [1.82, 2.24) is 5.32 Å². The number of hydrogen-bond acceptors (Lipinski definition) is 1. The second kappa shape index (κ2) is 6.16. The number of rotatable bonds is 4. The van der Waals surface area contributed by atoms with Crippen LogP contribution in [0.5, 0.6) is 0 Å². The van der Waals surface area contributed by atoms with E-state index in [1.165, 1.54) is 5.56 Å². The largest absolute Gasteiger partial charge is 0.292 e. The van der Waals surface area contributed by atoms with Crippen molar-refractivity contribution in [2.24, 2.45) is 0 Å². The van der Waals surface area contributed by atoms with Gasteiger partial charge in [-0.25, -0.2) is 0 Å². The highest BCUT2D eigenvalue weighted by molar-refractivity contribution is 6.23. The van der Waals surface area contributed by atoms with E-state index in [-0.39, 0.29) is 12.4 Å². The molecule has 0 heterocycles. The number of nitrogens with one attached hydrogen (secondary N) is 1. The fourth-order valence-electron chi connectivity index (χ4n) is 1.46. The second-order valence-electron chi connectivity index (χ2n) is 3.49. The van der Waals surface area contributed by atoms with E-state index in [1.807, 2.05) is 25.1 Å². The molecule has 0 amide bonds. The van der Waals surface area contributed by atoms with Crippen molar-refractivity contribution in [1.29, 1.82) is 0 Å². The molecule has 0 saturated heterocycles. The Labute approximate surface area is 103 Å². The Balaban J connectivity index is 0.00000196. The Bertz CT molecular complexity index is 321. The normalized spacial score (nSPS) is 13.8. The third-order valence-electron chi connectivity index (χ3n) is 2.23. The van der Waals surface area contributed by atoms with E-state index in [4.69, 9.17) is 11.6 Å². The minimum Gasteiger partial charge on any atom is -0.292 e. The average molecular weight is 246 g/mol. The lowest BCUT2D eigenvalue weighted by Gasteiger charge is -2.25.